The molecule has 1 fully saturated rings. The molecule has 9 heteroatoms. The van der Waals surface area contributed by atoms with Gasteiger partial charge in [-0.05, 0) is 79.2 Å². The number of nitrogens with two attached hydrogens (primary N) is 1. The highest BCUT2D eigenvalue weighted by molar-refractivity contribution is 9.10. The van der Waals surface area contributed by atoms with Crippen molar-refractivity contribution >= 4 is 39.2 Å². The molecule has 0 unspecified atom stereocenters. The molecule has 2 aromatic rings. The van der Waals surface area contributed by atoms with Crippen LogP contribution in [0.2, 0.25) is 0 Å². The fourth-order valence-electron chi connectivity index (χ4n) is 4.32. The van der Waals surface area contributed by atoms with Crippen molar-refractivity contribution in [1.29, 1.82) is 0 Å². The summed E-state index contributed by atoms with van der Waals surface area (Å²) in [6.07, 6.45) is 1.57. The summed E-state index contributed by atoms with van der Waals surface area (Å²) in [6.45, 7) is 3.25. The number of rotatable bonds is 5. The predicted octanol–water partition coefficient (Wildman–Crippen LogP) is 3.16. The second-order valence-corrected chi connectivity index (χ2v) is 8.78. The maximum absolute atomic E-state index is 13.8. The maximum Gasteiger partial charge on any atom is 0.301 e. The Bertz CT molecular complexity index is 1060. The molecule has 1 aliphatic rings. The van der Waals surface area contributed by atoms with Crippen molar-refractivity contribution in [3.63, 3.8) is 0 Å². The van der Waals surface area contributed by atoms with Gasteiger partial charge < -0.3 is 20.3 Å². The van der Waals surface area contributed by atoms with E-state index in [4.69, 9.17) is 5.73 Å². The number of aliphatic hydroxyl groups excluding tert-OH is 1. The van der Waals surface area contributed by atoms with Gasteiger partial charge in [0, 0.05) is 24.5 Å². The number of nitrogens with zero attached hydrogens (tertiary/aromatic N) is 2. The average Bonchev–Trinajstić information content (AvgIpc) is 2.94. The van der Waals surface area contributed by atoms with Crippen LogP contribution in [0.15, 0.2) is 22.7 Å². The summed E-state index contributed by atoms with van der Waals surface area (Å²) in [5.74, 6) is -2.71. The molecule has 3 rings (SSSR count). The van der Waals surface area contributed by atoms with Gasteiger partial charge in [-0.25, -0.2) is 4.39 Å². The highest BCUT2D eigenvalue weighted by atomic mass is 79.9. The monoisotopic (exact) mass is 493 g/mol. The van der Waals surface area contributed by atoms with E-state index in [2.05, 4.69) is 15.9 Å². The highest BCUT2D eigenvalue weighted by Gasteiger charge is 2.36. The molecular weight excluding hydrogens is 469 g/mol. The Morgan fingerprint density at radius 2 is 1.81 bits per heavy atom. The maximum atomic E-state index is 13.8. The Labute approximate surface area is 188 Å². The summed E-state index contributed by atoms with van der Waals surface area (Å²) in [6, 6.07) is 3.82. The predicted molar refractivity (Wildman–Crippen MR) is 118 cm³/mol. The van der Waals surface area contributed by atoms with E-state index in [1.54, 1.807) is 20.9 Å². The Kier molecular flexibility index (Phi) is 6.66. The molecule has 1 heterocycles. The van der Waals surface area contributed by atoms with Gasteiger partial charge in [0.1, 0.15) is 5.82 Å². The Balaban J connectivity index is 2.06. The van der Waals surface area contributed by atoms with Crippen molar-refractivity contribution < 1.29 is 23.9 Å². The summed E-state index contributed by atoms with van der Waals surface area (Å²) in [5, 5.41) is 9.87. The number of halogens is 2. The van der Waals surface area contributed by atoms with Crippen LogP contribution in [-0.4, -0.2) is 39.4 Å². The zero-order valence-electron chi connectivity index (χ0n) is 17.6. The summed E-state index contributed by atoms with van der Waals surface area (Å²) in [7, 11) is 1.60. The second kappa shape index (κ2) is 8.92. The summed E-state index contributed by atoms with van der Waals surface area (Å²) in [4.78, 5) is 40.1. The number of anilines is 1. The molecule has 0 spiro atoms. The van der Waals surface area contributed by atoms with Gasteiger partial charge in [0.2, 0.25) is 0 Å². The minimum Gasteiger partial charge on any atom is -0.393 e. The molecule has 3 N–H and O–H groups in total. The van der Waals surface area contributed by atoms with Gasteiger partial charge in [0.25, 0.3) is 11.7 Å². The molecule has 1 aromatic heterocycles. The third kappa shape index (κ3) is 4.29. The van der Waals surface area contributed by atoms with Crippen LogP contribution in [0.4, 0.5) is 10.1 Å². The second-order valence-electron chi connectivity index (χ2n) is 7.92. The lowest BCUT2D eigenvalue weighted by atomic mass is 9.91. The molecule has 7 nitrogen and oxygen atoms in total. The van der Waals surface area contributed by atoms with Crippen molar-refractivity contribution in [2.75, 3.05) is 4.90 Å². The number of hydrogen-bond donors (Lipinski definition) is 2. The molecule has 0 radical (unpaired) electrons. The van der Waals surface area contributed by atoms with Crippen molar-refractivity contribution in [2.24, 2.45) is 12.8 Å². The van der Waals surface area contributed by atoms with Crippen LogP contribution in [0, 0.1) is 19.7 Å². The first-order chi connectivity index (χ1) is 14.5. The van der Waals surface area contributed by atoms with E-state index in [1.807, 2.05) is 0 Å². The molecule has 0 atom stereocenters. The fraction of sp³-hybridized carbons (Fsp3) is 0.409. The lowest BCUT2D eigenvalue weighted by Gasteiger charge is -2.35. The van der Waals surface area contributed by atoms with Crippen LogP contribution < -0.4 is 10.6 Å². The largest absolute Gasteiger partial charge is 0.393 e. The van der Waals surface area contributed by atoms with E-state index in [0.717, 1.165) is 0 Å². The third-order valence-electron chi connectivity index (χ3n) is 6.02. The first kappa shape index (κ1) is 23.1. The van der Waals surface area contributed by atoms with Crippen LogP contribution in [0.3, 0.4) is 0 Å². The van der Waals surface area contributed by atoms with E-state index in [1.165, 1.54) is 27.7 Å². The average molecular weight is 494 g/mol. The molecule has 31 heavy (non-hydrogen) atoms. The molecule has 2 amide bonds. The molecular formula is C22H25BrFN3O4. The van der Waals surface area contributed by atoms with Gasteiger partial charge in [-0.2, -0.15) is 0 Å². The number of carbonyl (C=O) groups is 3. The topological polar surface area (TPSA) is 106 Å². The SMILES string of the molecule is Cc1c(C(N)=O)c(C)n(C)c1C(=O)C(=O)N(c1ccc(F)c(Br)c1)C1CCC(O)CC1. The van der Waals surface area contributed by atoms with Crippen molar-refractivity contribution in [2.45, 2.75) is 51.7 Å². The van der Waals surface area contributed by atoms with Gasteiger partial charge in [-0.15, -0.1) is 0 Å². The highest BCUT2D eigenvalue weighted by Crippen LogP contribution is 2.32. The molecule has 166 valence electrons. The van der Waals surface area contributed by atoms with Gasteiger partial charge in [0.05, 0.1) is 21.8 Å². The molecule has 1 aliphatic carbocycles. The first-order valence-electron chi connectivity index (χ1n) is 10.0. The number of amides is 2. The molecule has 0 saturated heterocycles. The van der Waals surface area contributed by atoms with Gasteiger partial charge >= 0.3 is 5.91 Å². The van der Waals surface area contributed by atoms with Gasteiger partial charge in [-0.3, -0.25) is 14.4 Å². The fourth-order valence-corrected chi connectivity index (χ4v) is 4.69. The minimum atomic E-state index is -0.778. The van der Waals surface area contributed by atoms with Crippen LogP contribution in [0.1, 0.15) is 57.8 Å². The number of benzene rings is 1. The van der Waals surface area contributed by atoms with E-state index < -0.39 is 29.5 Å². The number of carbonyl (C=O) groups excluding carboxylic acids is 3. The molecule has 1 aromatic carbocycles. The molecule has 0 aliphatic heterocycles. The lowest BCUT2D eigenvalue weighted by molar-refractivity contribution is -0.115. The van der Waals surface area contributed by atoms with Crippen molar-refractivity contribution in [3.05, 3.63) is 51.0 Å². The number of aromatic nitrogens is 1. The number of primary amides is 1. The summed E-state index contributed by atoms with van der Waals surface area (Å²) >= 11 is 3.14. The summed E-state index contributed by atoms with van der Waals surface area (Å²) < 4.78 is 15.5. The lowest BCUT2D eigenvalue weighted by Crippen LogP contribution is -2.47. The zero-order chi connectivity index (χ0) is 23.0. The quantitative estimate of drug-likeness (QED) is 0.492. The van der Waals surface area contributed by atoms with Gasteiger partial charge in [0.15, 0.2) is 0 Å². The van der Waals surface area contributed by atoms with Crippen LogP contribution in [0.25, 0.3) is 0 Å². The zero-order valence-corrected chi connectivity index (χ0v) is 19.2. The standard InChI is InChI=1S/C22H25BrFN3O4/c1-11-18(21(25)30)12(2)26(3)19(11)20(29)22(31)27(13-4-7-15(28)8-5-13)14-6-9-17(24)16(23)10-14/h6,9-10,13,15,28H,4-5,7-8H2,1-3H3,(H2,25,30). The smallest absolute Gasteiger partial charge is 0.301 e. The van der Waals surface area contributed by atoms with Crippen LogP contribution in [0.5, 0.6) is 0 Å². The third-order valence-corrected chi connectivity index (χ3v) is 6.63. The summed E-state index contributed by atoms with van der Waals surface area (Å²) in [5.41, 5.74) is 7.01. The van der Waals surface area contributed by atoms with Crippen LogP contribution >= 0.6 is 15.9 Å². The number of Topliss-reactive ketones (excluding diaryl/α,β-unsaturated/α-hetero) is 1. The van der Waals surface area contributed by atoms with Crippen LogP contribution in [-0.2, 0) is 11.8 Å². The van der Waals surface area contributed by atoms with E-state index in [0.29, 0.717) is 42.6 Å². The number of ketones is 1. The molecule has 1 saturated carbocycles. The normalized spacial score (nSPS) is 18.6. The Hall–Kier alpha value is -2.52. The Morgan fingerprint density at radius 1 is 1.19 bits per heavy atom. The minimum absolute atomic E-state index is 0.0957. The number of hydrogen-bond acceptors (Lipinski definition) is 4. The van der Waals surface area contributed by atoms with E-state index in [-0.39, 0.29) is 21.8 Å². The first-order valence-corrected chi connectivity index (χ1v) is 10.8. The van der Waals surface area contributed by atoms with Crippen molar-refractivity contribution in [3.8, 4) is 0 Å². The Morgan fingerprint density at radius 3 is 2.32 bits per heavy atom. The number of aliphatic hydroxyl groups is 1. The van der Waals surface area contributed by atoms with Gasteiger partial charge in [-0.1, -0.05) is 0 Å². The van der Waals surface area contributed by atoms with Crippen molar-refractivity contribution in [1.82, 2.24) is 4.57 Å². The molecule has 0 bridgehead atoms. The van der Waals surface area contributed by atoms with E-state index >= 15 is 0 Å². The van der Waals surface area contributed by atoms with E-state index in [9.17, 15) is 23.9 Å².